The number of unbranched alkanes of at least 4 members (excludes halogenated alkanes) is 15. The number of phenols is 1. The van der Waals surface area contributed by atoms with E-state index in [1.54, 1.807) is 36.4 Å². The zero-order valence-corrected chi connectivity index (χ0v) is 21.9. The van der Waals surface area contributed by atoms with Crippen molar-refractivity contribution < 1.29 is 14.6 Å². The van der Waals surface area contributed by atoms with Gasteiger partial charge in [0.25, 0.3) is 5.91 Å². The predicted octanol–water partition coefficient (Wildman–Crippen LogP) is 9.28. The second-order valence-electron chi connectivity index (χ2n) is 9.68. The molecule has 0 bridgehead atoms. The Morgan fingerprint density at radius 1 is 0.657 bits per heavy atom. The fourth-order valence-corrected chi connectivity index (χ4v) is 4.29. The first-order chi connectivity index (χ1) is 17.2. The van der Waals surface area contributed by atoms with E-state index in [2.05, 4.69) is 12.2 Å². The van der Waals surface area contributed by atoms with Gasteiger partial charge in [-0.05, 0) is 55.0 Å². The molecule has 0 aromatic heterocycles. The number of ether oxygens (including phenoxy) is 1. The van der Waals surface area contributed by atoms with E-state index >= 15 is 0 Å². The summed E-state index contributed by atoms with van der Waals surface area (Å²) >= 11 is 0. The molecular weight excluding hydrogens is 434 g/mol. The Morgan fingerprint density at radius 3 is 1.60 bits per heavy atom. The summed E-state index contributed by atoms with van der Waals surface area (Å²) in [5, 5.41) is 12.1. The van der Waals surface area contributed by atoms with Crippen molar-refractivity contribution in [2.24, 2.45) is 0 Å². The van der Waals surface area contributed by atoms with Crippen LogP contribution in [0, 0.1) is 0 Å². The van der Waals surface area contributed by atoms with Crippen LogP contribution in [0.3, 0.4) is 0 Å². The van der Waals surface area contributed by atoms with Crippen LogP contribution in [-0.4, -0.2) is 17.6 Å². The van der Waals surface area contributed by atoms with Crippen LogP contribution in [0.4, 0.5) is 5.69 Å². The zero-order chi connectivity index (χ0) is 25.0. The summed E-state index contributed by atoms with van der Waals surface area (Å²) in [4.78, 5) is 12.3. The second kappa shape index (κ2) is 18.8. The average Bonchev–Trinajstić information content (AvgIpc) is 2.87. The molecule has 0 aliphatic rings. The minimum atomic E-state index is -0.181. The molecule has 1 amide bonds. The van der Waals surface area contributed by atoms with Gasteiger partial charge in [0.05, 0.1) is 6.61 Å². The maximum atomic E-state index is 12.3. The number of hydrogen-bond acceptors (Lipinski definition) is 3. The summed E-state index contributed by atoms with van der Waals surface area (Å²) in [7, 11) is 0. The van der Waals surface area contributed by atoms with Gasteiger partial charge in [-0.15, -0.1) is 0 Å². The number of nitrogens with one attached hydrogen (secondary N) is 1. The number of aromatic hydroxyl groups is 1. The molecule has 0 aliphatic carbocycles. The van der Waals surface area contributed by atoms with Crippen LogP contribution >= 0.6 is 0 Å². The third-order valence-electron chi connectivity index (χ3n) is 6.51. The highest BCUT2D eigenvalue weighted by Gasteiger charge is 2.06. The minimum Gasteiger partial charge on any atom is -0.508 e. The van der Waals surface area contributed by atoms with Crippen molar-refractivity contribution in [2.45, 2.75) is 110 Å². The summed E-state index contributed by atoms with van der Waals surface area (Å²) in [6.45, 7) is 3.00. The van der Waals surface area contributed by atoms with E-state index in [-0.39, 0.29) is 11.7 Å². The standard InChI is InChI=1S/C31H47NO3/c1-2-3-4-5-6-7-8-9-10-11-12-13-14-15-16-17-26-35-30-24-18-27(19-25-30)31(34)32-28-20-22-29(33)23-21-28/h18-25,33H,2-17,26H2,1H3,(H,32,34). The van der Waals surface area contributed by atoms with Crippen molar-refractivity contribution >= 4 is 11.6 Å². The largest absolute Gasteiger partial charge is 0.508 e. The summed E-state index contributed by atoms with van der Waals surface area (Å²) in [6.07, 6.45) is 21.8. The highest BCUT2D eigenvalue weighted by atomic mass is 16.5. The predicted molar refractivity (Wildman–Crippen MR) is 148 cm³/mol. The smallest absolute Gasteiger partial charge is 0.255 e. The molecule has 4 heteroatoms. The van der Waals surface area contributed by atoms with Gasteiger partial charge in [-0.2, -0.15) is 0 Å². The van der Waals surface area contributed by atoms with Gasteiger partial charge in [0.1, 0.15) is 11.5 Å². The third-order valence-corrected chi connectivity index (χ3v) is 6.51. The topological polar surface area (TPSA) is 58.6 Å². The lowest BCUT2D eigenvalue weighted by molar-refractivity contribution is 0.102. The van der Waals surface area contributed by atoms with Gasteiger partial charge in [0.2, 0.25) is 0 Å². The first-order valence-electron chi connectivity index (χ1n) is 14.0. The third kappa shape index (κ3) is 13.9. The Bertz CT molecular complexity index is 786. The van der Waals surface area contributed by atoms with E-state index in [4.69, 9.17) is 4.74 Å². The van der Waals surface area contributed by atoms with Crippen LogP contribution in [0.15, 0.2) is 48.5 Å². The Kier molecular flexibility index (Phi) is 15.4. The summed E-state index contributed by atoms with van der Waals surface area (Å²) < 4.78 is 5.83. The first-order valence-corrected chi connectivity index (χ1v) is 14.0. The maximum Gasteiger partial charge on any atom is 0.255 e. The molecule has 0 heterocycles. The number of amides is 1. The van der Waals surface area contributed by atoms with E-state index in [1.165, 1.54) is 96.3 Å². The quantitative estimate of drug-likeness (QED) is 0.146. The molecule has 0 spiro atoms. The highest BCUT2D eigenvalue weighted by molar-refractivity contribution is 6.04. The zero-order valence-electron chi connectivity index (χ0n) is 21.9. The molecule has 2 N–H and O–H groups in total. The van der Waals surface area contributed by atoms with Crippen LogP contribution in [0.25, 0.3) is 0 Å². The maximum absolute atomic E-state index is 12.3. The molecule has 0 radical (unpaired) electrons. The molecule has 0 unspecified atom stereocenters. The molecule has 0 saturated carbocycles. The van der Waals surface area contributed by atoms with Crippen molar-refractivity contribution in [3.63, 3.8) is 0 Å². The summed E-state index contributed by atoms with van der Waals surface area (Å²) in [5.74, 6) is 0.793. The SMILES string of the molecule is CCCCCCCCCCCCCCCCCCOc1ccc(C(=O)Nc2ccc(O)cc2)cc1. The van der Waals surface area contributed by atoms with Crippen LogP contribution in [0.5, 0.6) is 11.5 Å². The number of rotatable bonds is 20. The average molecular weight is 482 g/mol. The van der Waals surface area contributed by atoms with Crippen LogP contribution < -0.4 is 10.1 Å². The summed E-state index contributed by atoms with van der Waals surface area (Å²) in [5.41, 5.74) is 1.23. The number of carbonyl (C=O) groups is 1. The van der Waals surface area contributed by atoms with Gasteiger partial charge in [-0.25, -0.2) is 0 Å². The lowest BCUT2D eigenvalue weighted by atomic mass is 10.0. The van der Waals surface area contributed by atoms with Crippen molar-refractivity contribution in [3.8, 4) is 11.5 Å². The monoisotopic (exact) mass is 481 g/mol. The normalized spacial score (nSPS) is 10.9. The molecular formula is C31H47NO3. The van der Waals surface area contributed by atoms with Crippen LogP contribution in [0.1, 0.15) is 120 Å². The van der Waals surface area contributed by atoms with Crippen molar-refractivity contribution in [2.75, 3.05) is 11.9 Å². The van der Waals surface area contributed by atoms with Crippen molar-refractivity contribution in [1.82, 2.24) is 0 Å². The molecule has 0 aliphatic heterocycles. The molecule has 2 aromatic carbocycles. The summed E-state index contributed by atoms with van der Waals surface area (Å²) in [6, 6.07) is 13.7. The van der Waals surface area contributed by atoms with Gasteiger partial charge in [0, 0.05) is 11.3 Å². The molecule has 35 heavy (non-hydrogen) atoms. The van der Waals surface area contributed by atoms with Crippen LogP contribution in [0.2, 0.25) is 0 Å². The molecule has 2 rings (SSSR count). The van der Waals surface area contributed by atoms with Gasteiger partial charge in [-0.1, -0.05) is 103 Å². The minimum absolute atomic E-state index is 0.175. The Balaban J connectivity index is 1.41. The number of hydrogen-bond donors (Lipinski definition) is 2. The van der Waals surface area contributed by atoms with E-state index < -0.39 is 0 Å². The molecule has 0 fully saturated rings. The lowest BCUT2D eigenvalue weighted by Gasteiger charge is -2.08. The van der Waals surface area contributed by atoms with Gasteiger partial charge >= 0.3 is 0 Å². The Hall–Kier alpha value is -2.49. The van der Waals surface area contributed by atoms with E-state index in [9.17, 15) is 9.90 Å². The molecule has 4 nitrogen and oxygen atoms in total. The van der Waals surface area contributed by atoms with Gasteiger partial charge < -0.3 is 15.2 Å². The number of anilines is 1. The van der Waals surface area contributed by atoms with Gasteiger partial charge in [-0.3, -0.25) is 4.79 Å². The van der Waals surface area contributed by atoms with Crippen molar-refractivity contribution in [3.05, 3.63) is 54.1 Å². The molecule has 0 atom stereocenters. The number of carbonyl (C=O) groups excluding carboxylic acids is 1. The van der Waals surface area contributed by atoms with E-state index in [0.717, 1.165) is 18.8 Å². The van der Waals surface area contributed by atoms with Crippen LogP contribution in [-0.2, 0) is 0 Å². The molecule has 2 aromatic rings. The van der Waals surface area contributed by atoms with Gasteiger partial charge in [0.15, 0.2) is 0 Å². The Morgan fingerprint density at radius 2 is 1.11 bits per heavy atom. The fraction of sp³-hybridized carbons (Fsp3) is 0.581. The number of benzene rings is 2. The fourth-order valence-electron chi connectivity index (χ4n) is 4.29. The lowest BCUT2D eigenvalue weighted by Crippen LogP contribution is -2.11. The molecule has 194 valence electrons. The van der Waals surface area contributed by atoms with E-state index in [0.29, 0.717) is 11.3 Å². The number of phenolic OH excluding ortho intramolecular Hbond substituents is 1. The second-order valence-corrected chi connectivity index (χ2v) is 9.68. The highest BCUT2D eigenvalue weighted by Crippen LogP contribution is 2.18. The molecule has 0 saturated heterocycles. The van der Waals surface area contributed by atoms with Crippen molar-refractivity contribution in [1.29, 1.82) is 0 Å². The Labute approximate surface area is 213 Å². The first kappa shape index (κ1) is 28.7. The van der Waals surface area contributed by atoms with E-state index in [1.807, 2.05) is 12.1 Å².